The second-order valence-corrected chi connectivity index (χ2v) is 5.39. The molecule has 2 rings (SSSR count). The number of alkyl halides is 3. The van der Waals surface area contributed by atoms with Gasteiger partial charge in [0.15, 0.2) is 0 Å². The summed E-state index contributed by atoms with van der Waals surface area (Å²) in [6.45, 7) is 0. The van der Waals surface area contributed by atoms with E-state index in [1.54, 1.807) is 6.07 Å². The van der Waals surface area contributed by atoms with Gasteiger partial charge in [-0.1, -0.05) is 0 Å². The summed E-state index contributed by atoms with van der Waals surface area (Å²) in [4.78, 5) is 13.9. The van der Waals surface area contributed by atoms with Crippen LogP contribution in [0.1, 0.15) is 16.7 Å². The van der Waals surface area contributed by atoms with Gasteiger partial charge in [-0.15, -0.1) is 0 Å². The summed E-state index contributed by atoms with van der Waals surface area (Å²) < 4.78 is 39.8. The number of nitrogens with one attached hydrogen (secondary N) is 1. The van der Waals surface area contributed by atoms with Gasteiger partial charge in [0.1, 0.15) is 34.8 Å². The summed E-state index contributed by atoms with van der Waals surface area (Å²) in [5.74, 6) is -1.38. The molecule has 0 unspecified atom stereocenters. The minimum atomic E-state index is -4.91. The molecule has 0 atom stereocenters. The van der Waals surface area contributed by atoms with E-state index in [0.717, 1.165) is 6.07 Å². The van der Waals surface area contributed by atoms with E-state index in [2.05, 4.69) is 15.9 Å². The van der Waals surface area contributed by atoms with Crippen molar-refractivity contribution in [1.82, 2.24) is 4.98 Å². The molecule has 0 radical (unpaired) electrons. The van der Waals surface area contributed by atoms with E-state index in [4.69, 9.17) is 11.0 Å². The molecule has 0 bridgehead atoms. The lowest BCUT2D eigenvalue weighted by Gasteiger charge is -2.17. The lowest BCUT2D eigenvalue weighted by Crippen LogP contribution is -2.18. The van der Waals surface area contributed by atoms with Gasteiger partial charge in [-0.25, -0.2) is 0 Å². The van der Waals surface area contributed by atoms with E-state index in [-0.39, 0.29) is 4.47 Å². The number of nitrogens with two attached hydrogens (primary N) is 1. The molecule has 0 aliphatic rings. The molecule has 6 nitrogen and oxygen atoms in total. The SMILES string of the molecule is N#Cc1c(N)[nH]c(=O)c(C#N)c1-c1c(C(F)(F)F)ccc(Br)c1O. The van der Waals surface area contributed by atoms with Crippen molar-refractivity contribution in [3.8, 4) is 29.0 Å². The number of aromatic amines is 1. The van der Waals surface area contributed by atoms with Crippen LogP contribution in [-0.4, -0.2) is 10.1 Å². The Hall–Kier alpha value is -2.98. The molecule has 2 aromatic rings. The van der Waals surface area contributed by atoms with E-state index >= 15 is 0 Å². The summed E-state index contributed by atoms with van der Waals surface area (Å²) in [6.07, 6.45) is -4.91. The predicted octanol–water partition coefficient (Wildman–Crippen LogP) is 2.85. The number of phenols is 1. The number of H-pyrrole nitrogens is 1. The van der Waals surface area contributed by atoms with Crippen molar-refractivity contribution in [2.45, 2.75) is 6.18 Å². The Labute approximate surface area is 140 Å². The van der Waals surface area contributed by atoms with Gasteiger partial charge in [0.2, 0.25) is 0 Å². The van der Waals surface area contributed by atoms with Crippen molar-refractivity contribution in [3.05, 3.63) is 43.6 Å². The molecule has 0 aliphatic heterocycles. The van der Waals surface area contributed by atoms with Crippen LogP contribution in [0.2, 0.25) is 0 Å². The second kappa shape index (κ2) is 5.91. The van der Waals surface area contributed by atoms with Crippen LogP contribution in [0.5, 0.6) is 5.75 Å². The fourth-order valence-corrected chi connectivity index (χ4v) is 2.48. The molecule has 1 aromatic carbocycles. The molecule has 122 valence electrons. The minimum absolute atomic E-state index is 0.114. The van der Waals surface area contributed by atoms with E-state index in [9.17, 15) is 28.3 Å². The normalized spacial score (nSPS) is 10.9. The van der Waals surface area contributed by atoms with E-state index < -0.39 is 51.1 Å². The van der Waals surface area contributed by atoms with Crippen molar-refractivity contribution in [2.24, 2.45) is 0 Å². The highest BCUT2D eigenvalue weighted by Crippen LogP contribution is 2.46. The zero-order valence-electron chi connectivity index (χ0n) is 11.5. The average molecular weight is 399 g/mol. The van der Waals surface area contributed by atoms with E-state index in [1.807, 2.05) is 4.98 Å². The van der Waals surface area contributed by atoms with Crippen molar-refractivity contribution < 1.29 is 18.3 Å². The first-order chi connectivity index (χ1) is 11.1. The highest BCUT2D eigenvalue weighted by molar-refractivity contribution is 9.10. The zero-order valence-corrected chi connectivity index (χ0v) is 13.1. The summed E-state index contributed by atoms with van der Waals surface area (Å²) in [5.41, 5.74) is 0.227. The number of nitriles is 2. The third-order valence-electron chi connectivity index (χ3n) is 3.15. The van der Waals surface area contributed by atoms with Gasteiger partial charge in [0, 0.05) is 11.1 Å². The van der Waals surface area contributed by atoms with Gasteiger partial charge in [-0.3, -0.25) is 4.79 Å². The molecule has 0 fully saturated rings. The number of pyridine rings is 1. The van der Waals surface area contributed by atoms with E-state index in [1.165, 1.54) is 6.07 Å². The molecular weight excluding hydrogens is 393 g/mol. The maximum absolute atomic E-state index is 13.3. The number of anilines is 1. The van der Waals surface area contributed by atoms with Crippen LogP contribution in [0.15, 0.2) is 21.4 Å². The molecule has 24 heavy (non-hydrogen) atoms. The van der Waals surface area contributed by atoms with Crippen LogP contribution in [-0.2, 0) is 6.18 Å². The van der Waals surface area contributed by atoms with Gasteiger partial charge in [-0.2, -0.15) is 23.7 Å². The summed E-state index contributed by atoms with van der Waals surface area (Å²) >= 11 is 2.87. The maximum Gasteiger partial charge on any atom is 0.417 e. The van der Waals surface area contributed by atoms with Gasteiger partial charge in [-0.05, 0) is 28.1 Å². The van der Waals surface area contributed by atoms with Crippen LogP contribution in [0.3, 0.4) is 0 Å². The number of nitrogen functional groups attached to an aromatic ring is 1. The van der Waals surface area contributed by atoms with Crippen molar-refractivity contribution in [3.63, 3.8) is 0 Å². The smallest absolute Gasteiger partial charge is 0.417 e. The average Bonchev–Trinajstić information content (AvgIpc) is 2.48. The van der Waals surface area contributed by atoms with Crippen molar-refractivity contribution >= 4 is 21.7 Å². The molecule has 0 saturated heterocycles. The lowest BCUT2D eigenvalue weighted by molar-refractivity contribution is -0.137. The predicted molar refractivity (Wildman–Crippen MR) is 80.7 cm³/mol. The number of hydrogen-bond acceptors (Lipinski definition) is 5. The molecule has 1 aromatic heterocycles. The highest BCUT2D eigenvalue weighted by atomic mass is 79.9. The van der Waals surface area contributed by atoms with Crippen LogP contribution in [0.25, 0.3) is 11.1 Å². The first-order valence-corrected chi connectivity index (χ1v) is 6.87. The van der Waals surface area contributed by atoms with Gasteiger partial charge in [0.25, 0.3) is 5.56 Å². The second-order valence-electron chi connectivity index (χ2n) is 4.53. The van der Waals surface area contributed by atoms with Gasteiger partial charge in [0.05, 0.1) is 10.0 Å². The fraction of sp³-hybridized carbons (Fsp3) is 0.0714. The van der Waals surface area contributed by atoms with E-state index in [0.29, 0.717) is 6.07 Å². The van der Waals surface area contributed by atoms with Crippen LogP contribution < -0.4 is 11.3 Å². The molecule has 0 aliphatic carbocycles. The minimum Gasteiger partial charge on any atom is -0.506 e. The van der Waals surface area contributed by atoms with Crippen molar-refractivity contribution in [2.75, 3.05) is 5.73 Å². The number of rotatable bonds is 1. The summed E-state index contributed by atoms with van der Waals surface area (Å²) in [7, 11) is 0. The molecule has 0 saturated carbocycles. The maximum atomic E-state index is 13.3. The highest BCUT2D eigenvalue weighted by Gasteiger charge is 2.37. The Balaban J connectivity index is 3.15. The van der Waals surface area contributed by atoms with Crippen LogP contribution in [0, 0.1) is 22.7 Å². The lowest BCUT2D eigenvalue weighted by atomic mass is 9.91. The molecule has 1 heterocycles. The summed E-state index contributed by atoms with van der Waals surface area (Å²) in [5, 5.41) is 28.4. The number of nitrogens with zero attached hydrogens (tertiary/aromatic N) is 2. The quantitative estimate of drug-likeness (QED) is 0.680. The Morgan fingerprint density at radius 3 is 2.25 bits per heavy atom. The van der Waals surface area contributed by atoms with Crippen LogP contribution >= 0.6 is 15.9 Å². The number of phenolic OH excluding ortho intramolecular Hbond substituents is 1. The molecule has 4 N–H and O–H groups in total. The third-order valence-corrected chi connectivity index (χ3v) is 3.79. The Morgan fingerprint density at radius 1 is 1.17 bits per heavy atom. The first-order valence-electron chi connectivity index (χ1n) is 6.08. The summed E-state index contributed by atoms with van der Waals surface area (Å²) in [6, 6.07) is 4.60. The number of hydrogen-bond donors (Lipinski definition) is 3. The van der Waals surface area contributed by atoms with Crippen LogP contribution in [0.4, 0.5) is 19.0 Å². The third kappa shape index (κ3) is 2.68. The molecule has 10 heteroatoms. The topological polar surface area (TPSA) is 127 Å². The first kappa shape index (κ1) is 17.4. The molecule has 0 amide bonds. The number of aromatic nitrogens is 1. The van der Waals surface area contributed by atoms with Gasteiger partial charge >= 0.3 is 6.18 Å². The van der Waals surface area contributed by atoms with Gasteiger partial charge < -0.3 is 15.8 Å². The standard InChI is InChI=1S/C14H6BrF3N4O2/c15-8-2-1-7(14(16,17)18)10(11(8)23)9-5(3-19)12(21)22-13(24)6(9)4-20/h1-2,23H,(H3,21,22,24). The molecule has 0 spiro atoms. The fourth-order valence-electron chi connectivity index (χ4n) is 2.15. The molecular formula is C14H6BrF3N4O2. The Bertz CT molecular complexity index is 984. The Kier molecular flexibility index (Phi) is 4.28. The number of halogens is 4. The van der Waals surface area contributed by atoms with Crippen molar-refractivity contribution in [1.29, 1.82) is 10.5 Å². The number of aromatic hydroxyl groups is 1. The zero-order chi connectivity index (χ0) is 18.2. The Morgan fingerprint density at radius 2 is 1.75 bits per heavy atom. The largest absolute Gasteiger partial charge is 0.506 e. The monoisotopic (exact) mass is 398 g/mol. The number of benzene rings is 1.